The summed E-state index contributed by atoms with van der Waals surface area (Å²) in [6.45, 7) is 1.05. The molecule has 6 nitrogen and oxygen atoms in total. The molecule has 24 heavy (non-hydrogen) atoms. The Bertz CT molecular complexity index is 826. The first-order valence-corrected chi connectivity index (χ1v) is 7.75. The van der Waals surface area contributed by atoms with E-state index in [1.807, 2.05) is 48.5 Å². The number of benzene rings is 1. The Kier molecular flexibility index (Phi) is 3.93. The highest BCUT2D eigenvalue weighted by molar-refractivity contribution is 5.54. The van der Waals surface area contributed by atoms with Gasteiger partial charge in [-0.3, -0.25) is 4.98 Å². The van der Waals surface area contributed by atoms with Crippen molar-refractivity contribution in [2.45, 2.75) is 6.10 Å². The Morgan fingerprint density at radius 1 is 0.917 bits per heavy atom. The Labute approximate surface area is 139 Å². The van der Waals surface area contributed by atoms with Crippen LogP contribution in [0.3, 0.4) is 0 Å². The highest BCUT2D eigenvalue weighted by Crippen LogP contribution is 2.30. The first-order valence-electron chi connectivity index (χ1n) is 7.75. The monoisotopic (exact) mass is 320 g/mol. The quantitative estimate of drug-likeness (QED) is 0.797. The molecule has 0 fully saturated rings. The van der Waals surface area contributed by atoms with Crippen LogP contribution in [-0.4, -0.2) is 34.2 Å². The van der Waals surface area contributed by atoms with Crippen LogP contribution >= 0.6 is 0 Å². The predicted octanol–water partition coefficient (Wildman–Crippen LogP) is 2.79. The van der Waals surface area contributed by atoms with Crippen LogP contribution < -0.4 is 14.8 Å². The van der Waals surface area contributed by atoms with E-state index in [9.17, 15) is 0 Å². The summed E-state index contributed by atoms with van der Waals surface area (Å²) in [4.78, 5) is 13.0. The lowest BCUT2D eigenvalue weighted by atomic mass is 10.2. The highest BCUT2D eigenvalue weighted by atomic mass is 16.6. The summed E-state index contributed by atoms with van der Waals surface area (Å²) in [5.41, 5.74) is 1.59. The minimum absolute atomic E-state index is 0.0954. The molecule has 0 aliphatic carbocycles. The molecule has 0 saturated heterocycles. The van der Waals surface area contributed by atoms with Gasteiger partial charge in [-0.05, 0) is 30.3 Å². The zero-order valence-electron chi connectivity index (χ0n) is 12.9. The summed E-state index contributed by atoms with van der Waals surface area (Å²) in [7, 11) is 0. The van der Waals surface area contributed by atoms with E-state index < -0.39 is 0 Å². The molecule has 3 aromatic rings. The van der Waals surface area contributed by atoms with Gasteiger partial charge >= 0.3 is 0 Å². The van der Waals surface area contributed by atoms with E-state index in [2.05, 4.69) is 20.3 Å². The maximum atomic E-state index is 5.91. The molecule has 120 valence electrons. The van der Waals surface area contributed by atoms with E-state index in [1.165, 1.54) is 0 Å². The van der Waals surface area contributed by atoms with E-state index in [-0.39, 0.29) is 6.10 Å². The van der Waals surface area contributed by atoms with Gasteiger partial charge in [-0.1, -0.05) is 18.2 Å². The maximum absolute atomic E-state index is 5.91. The average molecular weight is 320 g/mol. The Morgan fingerprint density at radius 2 is 1.79 bits per heavy atom. The smallest absolute Gasteiger partial charge is 0.223 e. The van der Waals surface area contributed by atoms with Gasteiger partial charge in [-0.2, -0.15) is 0 Å². The van der Waals surface area contributed by atoms with Crippen molar-refractivity contribution in [3.63, 3.8) is 0 Å². The number of nitrogens with one attached hydrogen (secondary N) is 1. The SMILES string of the molecule is c1ccc(-c2ccnc(NC[C@H]3COc4ccccc4O3)n2)nc1. The molecule has 1 atom stereocenters. The molecule has 0 saturated carbocycles. The molecule has 3 heterocycles. The second-order valence-corrected chi connectivity index (χ2v) is 5.36. The van der Waals surface area contributed by atoms with Gasteiger partial charge in [0.25, 0.3) is 0 Å². The molecule has 1 N–H and O–H groups in total. The molecule has 0 spiro atoms. The topological polar surface area (TPSA) is 69.2 Å². The number of aromatic nitrogens is 3. The van der Waals surface area contributed by atoms with Crippen LogP contribution in [0, 0.1) is 0 Å². The van der Waals surface area contributed by atoms with Crippen LogP contribution in [0.2, 0.25) is 0 Å². The van der Waals surface area contributed by atoms with Gasteiger partial charge in [0, 0.05) is 12.4 Å². The lowest BCUT2D eigenvalue weighted by Crippen LogP contribution is -2.35. The average Bonchev–Trinajstić information content (AvgIpc) is 2.67. The first-order chi connectivity index (χ1) is 11.9. The third kappa shape index (κ3) is 3.12. The molecule has 0 radical (unpaired) electrons. The second-order valence-electron chi connectivity index (χ2n) is 5.36. The molecule has 0 amide bonds. The van der Waals surface area contributed by atoms with Crippen molar-refractivity contribution in [3.05, 3.63) is 60.9 Å². The van der Waals surface area contributed by atoms with Gasteiger partial charge in [0.05, 0.1) is 17.9 Å². The molecule has 2 aromatic heterocycles. The fraction of sp³-hybridized carbons (Fsp3) is 0.167. The molecule has 1 aliphatic rings. The third-order valence-electron chi connectivity index (χ3n) is 3.64. The van der Waals surface area contributed by atoms with Crippen LogP contribution in [0.1, 0.15) is 0 Å². The number of para-hydroxylation sites is 2. The van der Waals surface area contributed by atoms with Gasteiger partial charge in [-0.15, -0.1) is 0 Å². The summed E-state index contributed by atoms with van der Waals surface area (Å²) in [6, 6.07) is 15.2. The number of hydrogen-bond donors (Lipinski definition) is 1. The molecule has 1 aromatic carbocycles. The van der Waals surface area contributed by atoms with Gasteiger partial charge in [0.2, 0.25) is 5.95 Å². The summed E-state index contributed by atoms with van der Waals surface area (Å²) in [6.07, 6.45) is 3.37. The van der Waals surface area contributed by atoms with Crippen molar-refractivity contribution >= 4 is 5.95 Å². The number of hydrogen-bond acceptors (Lipinski definition) is 6. The van der Waals surface area contributed by atoms with E-state index in [1.54, 1.807) is 12.4 Å². The summed E-state index contributed by atoms with van der Waals surface area (Å²) < 4.78 is 11.6. The van der Waals surface area contributed by atoms with Gasteiger partial charge in [0.1, 0.15) is 12.7 Å². The minimum Gasteiger partial charge on any atom is -0.486 e. The largest absolute Gasteiger partial charge is 0.486 e. The Morgan fingerprint density at radius 3 is 2.67 bits per heavy atom. The van der Waals surface area contributed by atoms with E-state index in [4.69, 9.17) is 9.47 Å². The minimum atomic E-state index is -0.0954. The second kappa shape index (κ2) is 6.54. The van der Waals surface area contributed by atoms with Crippen molar-refractivity contribution < 1.29 is 9.47 Å². The van der Waals surface area contributed by atoms with Crippen molar-refractivity contribution in [2.24, 2.45) is 0 Å². The maximum Gasteiger partial charge on any atom is 0.223 e. The molecule has 0 unspecified atom stereocenters. The fourth-order valence-corrected chi connectivity index (χ4v) is 2.47. The van der Waals surface area contributed by atoms with Crippen LogP contribution in [0.5, 0.6) is 11.5 Å². The van der Waals surface area contributed by atoms with Gasteiger partial charge in [0.15, 0.2) is 11.5 Å². The molecule has 1 aliphatic heterocycles. The highest BCUT2D eigenvalue weighted by Gasteiger charge is 2.20. The lowest BCUT2D eigenvalue weighted by molar-refractivity contribution is 0.0996. The first kappa shape index (κ1) is 14.4. The number of nitrogens with zero attached hydrogens (tertiary/aromatic N) is 3. The van der Waals surface area contributed by atoms with Crippen molar-refractivity contribution in [2.75, 3.05) is 18.5 Å². The normalized spacial score (nSPS) is 15.8. The Hall–Kier alpha value is -3.15. The van der Waals surface area contributed by atoms with Crippen molar-refractivity contribution in [1.29, 1.82) is 0 Å². The zero-order valence-corrected chi connectivity index (χ0v) is 12.9. The molecular formula is C18H16N4O2. The van der Waals surface area contributed by atoms with Gasteiger partial charge < -0.3 is 14.8 Å². The van der Waals surface area contributed by atoms with E-state index >= 15 is 0 Å². The number of fused-ring (bicyclic) bond motifs is 1. The number of rotatable bonds is 4. The summed E-state index contributed by atoms with van der Waals surface area (Å²) in [5.74, 6) is 2.08. The van der Waals surface area contributed by atoms with Crippen LogP contribution in [0.4, 0.5) is 5.95 Å². The lowest BCUT2D eigenvalue weighted by Gasteiger charge is -2.26. The van der Waals surface area contributed by atoms with Gasteiger partial charge in [-0.25, -0.2) is 9.97 Å². The number of ether oxygens (including phenoxy) is 2. The number of pyridine rings is 1. The Balaban J connectivity index is 1.42. The summed E-state index contributed by atoms with van der Waals surface area (Å²) >= 11 is 0. The summed E-state index contributed by atoms with van der Waals surface area (Å²) in [5, 5.41) is 3.20. The van der Waals surface area contributed by atoms with Crippen LogP contribution in [0.25, 0.3) is 11.4 Å². The van der Waals surface area contributed by atoms with E-state index in [0.717, 1.165) is 22.9 Å². The van der Waals surface area contributed by atoms with Crippen LogP contribution in [-0.2, 0) is 0 Å². The zero-order chi connectivity index (χ0) is 16.2. The van der Waals surface area contributed by atoms with E-state index in [0.29, 0.717) is 19.1 Å². The number of anilines is 1. The van der Waals surface area contributed by atoms with Crippen molar-refractivity contribution in [1.82, 2.24) is 15.0 Å². The fourth-order valence-electron chi connectivity index (χ4n) is 2.47. The predicted molar refractivity (Wildman–Crippen MR) is 90.1 cm³/mol. The standard InChI is InChI=1S/C18H16N4O2/c1-2-7-17-16(6-1)23-12-13(24-17)11-21-18-20-10-8-15(22-18)14-5-3-4-9-19-14/h1-10,13H,11-12H2,(H,20,21,22)/t13-/m0/s1. The molecule has 4 rings (SSSR count). The molecular weight excluding hydrogens is 304 g/mol. The molecule has 0 bridgehead atoms. The molecule has 6 heteroatoms. The van der Waals surface area contributed by atoms with Crippen molar-refractivity contribution in [3.8, 4) is 22.9 Å². The third-order valence-corrected chi connectivity index (χ3v) is 3.64. The van der Waals surface area contributed by atoms with Crippen LogP contribution in [0.15, 0.2) is 60.9 Å².